The number of halogens is 7. The van der Waals surface area contributed by atoms with Gasteiger partial charge in [-0.3, -0.25) is 9.69 Å². The molecule has 3 atom stereocenters. The smallest absolute Gasteiger partial charge is 0.340 e. The van der Waals surface area contributed by atoms with Gasteiger partial charge < -0.3 is 14.7 Å². The number of nitrogens with zero attached hydrogens (tertiary/aromatic N) is 4. The van der Waals surface area contributed by atoms with Gasteiger partial charge in [-0.2, -0.15) is 26.3 Å². The SMILES string of the molecule is Cc1cc(F)ccc1[C@H]1C[C@H](N2CCN(C(=O)C(C)C)CC2)CCN1C(=O)N(C)[C@H](C)c1cc(C(F)(F)F)cc(C(F)(F)F)c1. The van der Waals surface area contributed by atoms with Crippen molar-refractivity contribution in [3.63, 3.8) is 0 Å². The van der Waals surface area contributed by atoms with Crippen molar-refractivity contribution in [2.45, 2.75) is 71.0 Å². The first-order valence-electron chi connectivity index (χ1n) is 15.0. The van der Waals surface area contributed by atoms with Crippen molar-refractivity contribution in [1.29, 1.82) is 0 Å². The molecule has 6 nitrogen and oxygen atoms in total. The quantitative estimate of drug-likeness (QED) is 0.322. The van der Waals surface area contributed by atoms with E-state index in [2.05, 4.69) is 4.90 Å². The van der Waals surface area contributed by atoms with E-state index in [4.69, 9.17) is 0 Å². The summed E-state index contributed by atoms with van der Waals surface area (Å²) in [5.41, 5.74) is -1.87. The number of aryl methyl sites for hydroxylation is 1. The van der Waals surface area contributed by atoms with Crippen molar-refractivity contribution in [1.82, 2.24) is 19.6 Å². The third-order valence-electron chi connectivity index (χ3n) is 9.02. The van der Waals surface area contributed by atoms with Gasteiger partial charge in [0.05, 0.1) is 23.2 Å². The van der Waals surface area contributed by atoms with E-state index in [0.717, 1.165) is 4.90 Å². The van der Waals surface area contributed by atoms with E-state index in [1.54, 1.807) is 17.9 Å². The van der Waals surface area contributed by atoms with Crippen LogP contribution < -0.4 is 0 Å². The van der Waals surface area contributed by atoms with Crippen LogP contribution >= 0.6 is 0 Å². The molecule has 0 spiro atoms. The number of likely N-dealkylation sites (tertiary alicyclic amines) is 1. The number of carbonyl (C=O) groups excluding carboxylic acids is 2. The lowest BCUT2D eigenvalue weighted by Gasteiger charge is -2.47. The topological polar surface area (TPSA) is 47.1 Å². The number of carbonyl (C=O) groups is 2. The van der Waals surface area contributed by atoms with Gasteiger partial charge in [0.25, 0.3) is 0 Å². The van der Waals surface area contributed by atoms with Crippen LogP contribution in [0, 0.1) is 18.7 Å². The maximum atomic E-state index is 14.1. The number of hydrogen-bond donors (Lipinski definition) is 0. The van der Waals surface area contributed by atoms with E-state index in [0.29, 0.717) is 62.3 Å². The Labute approximate surface area is 258 Å². The predicted octanol–water partition coefficient (Wildman–Crippen LogP) is 7.29. The first-order valence-corrected chi connectivity index (χ1v) is 15.0. The van der Waals surface area contributed by atoms with Crippen LogP contribution in [0.2, 0.25) is 0 Å². The van der Waals surface area contributed by atoms with E-state index < -0.39 is 47.4 Å². The molecule has 2 aromatic rings. The highest BCUT2D eigenvalue weighted by atomic mass is 19.4. The van der Waals surface area contributed by atoms with Crippen LogP contribution in [0.25, 0.3) is 0 Å². The molecule has 0 N–H and O–H groups in total. The minimum absolute atomic E-state index is 0.0420. The zero-order chi connectivity index (χ0) is 33.4. The Morgan fingerprint density at radius 3 is 1.96 bits per heavy atom. The zero-order valence-electron chi connectivity index (χ0n) is 26.0. The largest absolute Gasteiger partial charge is 0.416 e. The van der Waals surface area contributed by atoms with Crippen LogP contribution in [-0.2, 0) is 17.1 Å². The maximum Gasteiger partial charge on any atom is 0.416 e. The Morgan fingerprint density at radius 1 is 0.867 bits per heavy atom. The van der Waals surface area contributed by atoms with Gasteiger partial charge in [0.2, 0.25) is 5.91 Å². The lowest BCUT2D eigenvalue weighted by atomic mass is 9.88. The summed E-state index contributed by atoms with van der Waals surface area (Å²) in [6, 6.07) is 3.46. The maximum absolute atomic E-state index is 14.1. The van der Waals surface area contributed by atoms with Crippen molar-refractivity contribution in [3.8, 4) is 0 Å². The van der Waals surface area contributed by atoms with Gasteiger partial charge in [0, 0.05) is 51.7 Å². The predicted molar refractivity (Wildman–Crippen MR) is 155 cm³/mol. The fourth-order valence-corrected chi connectivity index (χ4v) is 6.30. The van der Waals surface area contributed by atoms with E-state index in [1.165, 1.54) is 26.1 Å². The molecule has 0 bridgehead atoms. The van der Waals surface area contributed by atoms with E-state index in [1.807, 2.05) is 18.7 Å². The van der Waals surface area contributed by atoms with E-state index in [-0.39, 0.29) is 36.0 Å². The van der Waals surface area contributed by atoms with Crippen LogP contribution in [-0.4, -0.2) is 77.4 Å². The second-order valence-electron chi connectivity index (χ2n) is 12.3. The van der Waals surface area contributed by atoms with Crippen LogP contribution in [0.3, 0.4) is 0 Å². The van der Waals surface area contributed by atoms with Gasteiger partial charge in [-0.1, -0.05) is 19.9 Å². The number of urea groups is 1. The minimum Gasteiger partial charge on any atom is -0.340 e. The molecule has 3 amide bonds. The number of piperazine rings is 1. The number of amides is 3. The Bertz CT molecular complexity index is 1350. The van der Waals surface area contributed by atoms with Crippen LogP contribution in [0.15, 0.2) is 36.4 Å². The third-order valence-corrected chi connectivity index (χ3v) is 9.02. The standard InChI is InChI=1S/C32H39F7N4O2/c1-19(2)29(44)42-12-10-41(11-13-42)26-8-9-43(28(18-26)27-7-6-25(33)14-20(27)3)30(45)40(5)21(4)22-15-23(31(34,35)36)17-24(16-22)32(37,38)39/h6-7,14-17,19,21,26,28H,8-13,18H2,1-5H3/t21-,26-,28-/m1/s1. The van der Waals surface area contributed by atoms with Gasteiger partial charge in [-0.05, 0) is 73.7 Å². The molecule has 0 radical (unpaired) electrons. The molecule has 2 aliphatic heterocycles. The third kappa shape index (κ3) is 7.73. The molecule has 0 unspecified atom stereocenters. The highest BCUT2D eigenvalue weighted by Gasteiger charge is 2.41. The normalized spacial score (nSPS) is 20.8. The van der Waals surface area contributed by atoms with Crippen LogP contribution in [0.5, 0.6) is 0 Å². The molecule has 0 saturated carbocycles. The highest BCUT2D eigenvalue weighted by molar-refractivity contribution is 5.78. The van der Waals surface area contributed by atoms with Crippen molar-refractivity contribution < 1.29 is 40.3 Å². The molecule has 2 aromatic carbocycles. The molecular formula is C32H39F7N4O2. The molecule has 2 fully saturated rings. The molecule has 0 aliphatic carbocycles. The van der Waals surface area contributed by atoms with E-state index in [9.17, 15) is 40.3 Å². The number of rotatable bonds is 5. The Hall–Kier alpha value is -3.35. The summed E-state index contributed by atoms with van der Waals surface area (Å²) < 4.78 is 95.3. The Kier molecular flexibility index (Phi) is 10.1. The number of hydrogen-bond acceptors (Lipinski definition) is 3. The number of benzene rings is 2. The summed E-state index contributed by atoms with van der Waals surface area (Å²) in [6.07, 6.45) is -8.97. The van der Waals surface area contributed by atoms with E-state index >= 15 is 0 Å². The fraction of sp³-hybridized carbons (Fsp3) is 0.562. The van der Waals surface area contributed by atoms with Crippen molar-refractivity contribution in [2.75, 3.05) is 39.8 Å². The summed E-state index contributed by atoms with van der Waals surface area (Å²) in [6.45, 7) is 9.56. The van der Waals surface area contributed by atoms with Crippen molar-refractivity contribution >= 4 is 11.9 Å². The molecular weight excluding hydrogens is 605 g/mol. The Morgan fingerprint density at radius 2 is 1.44 bits per heavy atom. The first-order chi connectivity index (χ1) is 20.9. The first kappa shape index (κ1) is 34.5. The molecule has 0 aromatic heterocycles. The molecule has 248 valence electrons. The number of alkyl halides is 6. The van der Waals surface area contributed by atoms with Gasteiger partial charge in [0.15, 0.2) is 0 Å². The van der Waals surface area contributed by atoms with Gasteiger partial charge in [0.1, 0.15) is 5.82 Å². The molecule has 2 heterocycles. The fourth-order valence-electron chi connectivity index (χ4n) is 6.30. The average Bonchev–Trinajstić information content (AvgIpc) is 2.98. The molecule has 45 heavy (non-hydrogen) atoms. The molecule has 13 heteroatoms. The van der Waals surface area contributed by atoms with Gasteiger partial charge in [-0.25, -0.2) is 9.18 Å². The van der Waals surface area contributed by atoms with Gasteiger partial charge >= 0.3 is 18.4 Å². The molecule has 4 rings (SSSR count). The monoisotopic (exact) mass is 644 g/mol. The second kappa shape index (κ2) is 13.2. The molecule has 2 saturated heterocycles. The summed E-state index contributed by atoms with van der Waals surface area (Å²) in [7, 11) is 1.35. The zero-order valence-corrected chi connectivity index (χ0v) is 26.0. The summed E-state index contributed by atoms with van der Waals surface area (Å²) in [5.74, 6) is -0.453. The lowest BCUT2D eigenvalue weighted by Crippen LogP contribution is -2.56. The highest BCUT2D eigenvalue weighted by Crippen LogP contribution is 2.40. The summed E-state index contributed by atoms with van der Waals surface area (Å²) in [5, 5.41) is 0. The van der Waals surface area contributed by atoms with Gasteiger partial charge in [-0.15, -0.1) is 0 Å². The second-order valence-corrected chi connectivity index (χ2v) is 12.3. The van der Waals surface area contributed by atoms with Crippen LogP contribution in [0.4, 0.5) is 35.5 Å². The average molecular weight is 645 g/mol. The van der Waals surface area contributed by atoms with Crippen LogP contribution in [0.1, 0.15) is 73.5 Å². The lowest BCUT2D eigenvalue weighted by molar-refractivity contribution is -0.143. The summed E-state index contributed by atoms with van der Waals surface area (Å²) >= 11 is 0. The Balaban J connectivity index is 1.60. The van der Waals surface area contributed by atoms with Crippen molar-refractivity contribution in [3.05, 3.63) is 70.0 Å². The molecule has 2 aliphatic rings. The number of piperidine rings is 1. The van der Waals surface area contributed by atoms with Crippen molar-refractivity contribution in [2.24, 2.45) is 5.92 Å². The minimum atomic E-state index is -5.01. The summed E-state index contributed by atoms with van der Waals surface area (Å²) in [4.78, 5) is 33.3.